The molecule has 2 N–H and O–H groups in total. The summed E-state index contributed by atoms with van der Waals surface area (Å²) >= 11 is 0. The predicted octanol–water partition coefficient (Wildman–Crippen LogP) is 2.22. The van der Waals surface area contributed by atoms with E-state index in [9.17, 15) is 4.79 Å². The fourth-order valence-electron chi connectivity index (χ4n) is 4.67. The second kappa shape index (κ2) is 8.39. The van der Waals surface area contributed by atoms with Crippen LogP contribution in [0.15, 0.2) is 48.8 Å². The Bertz CT molecular complexity index is 806. The summed E-state index contributed by atoms with van der Waals surface area (Å²) in [6.45, 7) is 2.93. The third-order valence-corrected chi connectivity index (χ3v) is 5.97. The first-order chi connectivity index (χ1) is 13.8. The van der Waals surface area contributed by atoms with Crippen molar-refractivity contribution in [1.29, 1.82) is 0 Å². The van der Waals surface area contributed by atoms with E-state index in [-0.39, 0.29) is 23.5 Å². The molecular weight excluding hydrogens is 354 g/mol. The molecule has 4 rings (SSSR count). The van der Waals surface area contributed by atoms with E-state index < -0.39 is 0 Å². The zero-order valence-corrected chi connectivity index (χ0v) is 16.2. The van der Waals surface area contributed by atoms with E-state index in [1.807, 2.05) is 6.07 Å². The van der Waals surface area contributed by atoms with Crippen LogP contribution in [0.4, 0.5) is 0 Å². The van der Waals surface area contributed by atoms with E-state index in [0.29, 0.717) is 18.8 Å². The Morgan fingerprint density at radius 3 is 2.79 bits per heavy atom. The minimum Gasteiger partial charge on any atom is -0.382 e. The van der Waals surface area contributed by atoms with Crippen molar-refractivity contribution >= 4 is 5.91 Å². The fraction of sp³-hybridized carbons (Fsp3) is 0.455. The van der Waals surface area contributed by atoms with Gasteiger partial charge in [0.25, 0.3) is 5.91 Å². The number of nitrogens with one attached hydrogen (secondary N) is 2. The van der Waals surface area contributed by atoms with Gasteiger partial charge in [-0.15, -0.1) is 0 Å². The Kier molecular flexibility index (Phi) is 5.71. The molecule has 1 aromatic carbocycles. The monoisotopic (exact) mass is 381 g/mol. The zero-order valence-electron chi connectivity index (χ0n) is 16.2. The summed E-state index contributed by atoms with van der Waals surface area (Å²) in [5, 5.41) is 6.69. The maximum Gasteiger partial charge on any atom is 0.253 e. The number of carbonyl (C=O) groups is 1. The van der Waals surface area contributed by atoms with Crippen LogP contribution < -0.4 is 10.6 Å². The molecule has 0 radical (unpaired) electrons. The number of carbonyl (C=O) groups excluding carboxylic acids is 1. The highest BCUT2D eigenvalue weighted by Crippen LogP contribution is 2.51. The molecule has 6 heteroatoms. The summed E-state index contributed by atoms with van der Waals surface area (Å²) in [6.07, 6.45) is 5.12. The highest BCUT2D eigenvalue weighted by Gasteiger charge is 2.53. The van der Waals surface area contributed by atoms with Crippen molar-refractivity contribution in [3.8, 4) is 0 Å². The summed E-state index contributed by atoms with van der Waals surface area (Å²) < 4.78 is 11.6. The van der Waals surface area contributed by atoms with Gasteiger partial charge in [0.2, 0.25) is 0 Å². The molecule has 1 spiro atoms. The Labute approximate surface area is 165 Å². The fourth-order valence-corrected chi connectivity index (χ4v) is 4.67. The molecule has 1 aromatic heterocycles. The molecular formula is C22H27N3O3. The molecule has 2 aromatic rings. The minimum atomic E-state index is -0.195. The Morgan fingerprint density at radius 2 is 2.04 bits per heavy atom. The number of benzene rings is 1. The molecule has 1 amide bonds. The van der Waals surface area contributed by atoms with Crippen LogP contribution in [-0.2, 0) is 14.9 Å². The number of hydrogen-bond acceptors (Lipinski definition) is 5. The summed E-state index contributed by atoms with van der Waals surface area (Å²) in [6, 6.07) is 11.8. The standard InChI is InChI=1S/C22H27N3O3/c1-27-13-14-28-20-19(25-21(26)16-5-4-10-24-15-16)17-6-2-3-7-18(17)22(20)8-11-23-12-9-22/h2-7,10,15,19-20,23H,8-9,11-14H2,1H3,(H,25,26)/t19-,20+/m0/s1. The molecule has 1 aliphatic heterocycles. The average Bonchev–Trinajstić information content (AvgIpc) is 2.99. The minimum absolute atomic E-state index is 0.0948. The van der Waals surface area contributed by atoms with E-state index in [4.69, 9.17) is 9.47 Å². The van der Waals surface area contributed by atoms with Gasteiger partial charge in [0.15, 0.2) is 0 Å². The number of hydrogen-bond donors (Lipinski definition) is 2. The van der Waals surface area contributed by atoms with E-state index in [1.165, 1.54) is 5.56 Å². The van der Waals surface area contributed by atoms with Crippen LogP contribution in [0.25, 0.3) is 0 Å². The van der Waals surface area contributed by atoms with Gasteiger partial charge >= 0.3 is 0 Å². The molecule has 1 aliphatic carbocycles. The van der Waals surface area contributed by atoms with Gasteiger partial charge in [-0.2, -0.15) is 0 Å². The molecule has 0 unspecified atom stereocenters. The van der Waals surface area contributed by atoms with Gasteiger partial charge in [-0.25, -0.2) is 0 Å². The van der Waals surface area contributed by atoms with Crippen molar-refractivity contribution in [2.24, 2.45) is 0 Å². The lowest BCUT2D eigenvalue weighted by molar-refractivity contribution is -0.0437. The van der Waals surface area contributed by atoms with Crippen molar-refractivity contribution in [3.05, 3.63) is 65.5 Å². The Morgan fingerprint density at radius 1 is 1.21 bits per heavy atom. The Hall–Kier alpha value is -2.28. The largest absolute Gasteiger partial charge is 0.382 e. The topological polar surface area (TPSA) is 72.5 Å². The van der Waals surface area contributed by atoms with Gasteiger partial charge in [0.05, 0.1) is 30.9 Å². The molecule has 6 nitrogen and oxygen atoms in total. The molecule has 2 heterocycles. The van der Waals surface area contributed by atoms with Crippen molar-refractivity contribution in [1.82, 2.24) is 15.6 Å². The normalized spacial score (nSPS) is 22.8. The molecule has 2 atom stereocenters. The number of aromatic nitrogens is 1. The van der Waals surface area contributed by atoms with Gasteiger partial charge in [0, 0.05) is 24.9 Å². The van der Waals surface area contributed by atoms with Crippen LogP contribution >= 0.6 is 0 Å². The number of ether oxygens (including phenoxy) is 2. The number of amides is 1. The second-order valence-corrected chi connectivity index (χ2v) is 7.47. The van der Waals surface area contributed by atoms with E-state index in [0.717, 1.165) is 31.5 Å². The first-order valence-corrected chi connectivity index (χ1v) is 9.88. The maximum atomic E-state index is 12.9. The van der Waals surface area contributed by atoms with Crippen LogP contribution in [0.5, 0.6) is 0 Å². The second-order valence-electron chi connectivity index (χ2n) is 7.47. The van der Waals surface area contributed by atoms with Crippen molar-refractivity contribution in [2.75, 3.05) is 33.4 Å². The number of fused-ring (bicyclic) bond motifs is 2. The maximum absolute atomic E-state index is 12.9. The summed E-state index contributed by atoms with van der Waals surface area (Å²) in [7, 11) is 1.68. The summed E-state index contributed by atoms with van der Waals surface area (Å²) in [4.78, 5) is 17.0. The van der Waals surface area contributed by atoms with Crippen molar-refractivity contribution < 1.29 is 14.3 Å². The average molecular weight is 381 g/mol. The molecule has 0 saturated carbocycles. The third-order valence-electron chi connectivity index (χ3n) is 5.97. The number of methoxy groups -OCH3 is 1. The van der Waals surface area contributed by atoms with Crippen LogP contribution in [-0.4, -0.2) is 50.4 Å². The number of piperidine rings is 1. The lowest BCUT2D eigenvalue weighted by Crippen LogP contribution is -2.50. The number of rotatable bonds is 6. The van der Waals surface area contributed by atoms with Gasteiger partial charge in [-0.1, -0.05) is 24.3 Å². The molecule has 28 heavy (non-hydrogen) atoms. The lowest BCUT2D eigenvalue weighted by Gasteiger charge is -2.41. The van der Waals surface area contributed by atoms with Crippen LogP contribution in [0.2, 0.25) is 0 Å². The predicted molar refractivity (Wildman–Crippen MR) is 106 cm³/mol. The number of pyridine rings is 1. The quantitative estimate of drug-likeness (QED) is 0.751. The van der Waals surface area contributed by atoms with Crippen molar-refractivity contribution in [3.63, 3.8) is 0 Å². The van der Waals surface area contributed by atoms with E-state index in [1.54, 1.807) is 31.6 Å². The van der Waals surface area contributed by atoms with Crippen LogP contribution in [0, 0.1) is 0 Å². The molecule has 1 saturated heterocycles. The van der Waals surface area contributed by atoms with Gasteiger partial charge in [-0.3, -0.25) is 9.78 Å². The van der Waals surface area contributed by atoms with E-state index in [2.05, 4.69) is 33.8 Å². The van der Waals surface area contributed by atoms with Crippen molar-refractivity contribution in [2.45, 2.75) is 30.4 Å². The number of nitrogens with zero attached hydrogens (tertiary/aromatic N) is 1. The molecule has 148 valence electrons. The van der Waals surface area contributed by atoms with E-state index >= 15 is 0 Å². The molecule has 0 bridgehead atoms. The Balaban J connectivity index is 1.68. The highest BCUT2D eigenvalue weighted by atomic mass is 16.5. The molecule has 2 aliphatic rings. The first-order valence-electron chi connectivity index (χ1n) is 9.88. The zero-order chi connectivity index (χ0) is 19.4. The summed E-state index contributed by atoms with van der Waals surface area (Å²) in [5.74, 6) is -0.126. The third kappa shape index (κ3) is 3.43. The molecule has 1 fully saturated rings. The van der Waals surface area contributed by atoms with Gasteiger partial charge in [0.1, 0.15) is 0 Å². The first kappa shape index (κ1) is 19.1. The van der Waals surface area contributed by atoms with Crippen LogP contribution in [0.1, 0.15) is 40.4 Å². The summed E-state index contributed by atoms with van der Waals surface area (Å²) in [5.41, 5.74) is 2.92. The smallest absolute Gasteiger partial charge is 0.253 e. The van der Waals surface area contributed by atoms with Crippen LogP contribution in [0.3, 0.4) is 0 Å². The lowest BCUT2D eigenvalue weighted by atomic mass is 9.72. The SMILES string of the molecule is COCCO[C@@H]1[C@@H](NC(=O)c2cccnc2)c2ccccc2C12CCNCC2. The van der Waals surface area contributed by atoms with Gasteiger partial charge < -0.3 is 20.1 Å². The highest BCUT2D eigenvalue weighted by molar-refractivity contribution is 5.94. The van der Waals surface area contributed by atoms with Gasteiger partial charge in [-0.05, 0) is 49.2 Å².